The van der Waals surface area contributed by atoms with Gasteiger partial charge in [-0.15, -0.1) is 0 Å². The molecule has 1 aliphatic rings. The predicted molar refractivity (Wildman–Crippen MR) is 39.8 cm³/mol. The minimum absolute atomic E-state index is 0.426. The number of methoxy groups -OCH3 is 1. The summed E-state index contributed by atoms with van der Waals surface area (Å²) >= 11 is 0. The maximum absolute atomic E-state index is 11.0. The Morgan fingerprint density at radius 3 is 2.75 bits per heavy atom. The fourth-order valence-electron chi connectivity index (χ4n) is 1.38. The average Bonchev–Trinajstić information content (AvgIpc) is 2.50. The van der Waals surface area contributed by atoms with E-state index in [9.17, 15) is 9.59 Å². The smallest absolute Gasteiger partial charge is 0.408 e. The number of carbonyl (C=O) groups excluding carboxylic acids is 1. The number of carbonyl (C=O) groups is 2. The Hall–Kier alpha value is -1.26. The Bertz CT molecular complexity index is 204. The van der Waals surface area contributed by atoms with Crippen molar-refractivity contribution in [1.82, 2.24) is 4.90 Å². The van der Waals surface area contributed by atoms with Crippen LogP contribution < -0.4 is 0 Å². The Kier molecular flexibility index (Phi) is 2.52. The van der Waals surface area contributed by atoms with E-state index in [1.165, 1.54) is 7.11 Å². The van der Waals surface area contributed by atoms with E-state index in [2.05, 4.69) is 4.74 Å². The summed E-state index contributed by atoms with van der Waals surface area (Å²) in [6.07, 6.45) is 0.244. The van der Waals surface area contributed by atoms with Crippen LogP contribution >= 0.6 is 0 Å². The number of rotatable bonds is 1. The molecule has 5 nitrogen and oxygen atoms in total. The monoisotopic (exact) mass is 173 g/mol. The molecule has 0 saturated carbocycles. The van der Waals surface area contributed by atoms with Crippen molar-refractivity contribution in [2.75, 3.05) is 13.7 Å². The topological polar surface area (TPSA) is 66.8 Å². The molecule has 0 radical (unpaired) electrons. The molecular weight excluding hydrogens is 162 g/mol. The van der Waals surface area contributed by atoms with Crippen molar-refractivity contribution in [3.63, 3.8) is 0 Å². The molecule has 5 heteroatoms. The van der Waals surface area contributed by atoms with Gasteiger partial charge in [-0.25, -0.2) is 9.59 Å². The summed E-state index contributed by atoms with van der Waals surface area (Å²) in [5.41, 5.74) is 0. The van der Waals surface area contributed by atoms with Gasteiger partial charge in [0.1, 0.15) is 6.04 Å². The number of amides is 1. The second-order valence-corrected chi connectivity index (χ2v) is 2.66. The lowest BCUT2D eigenvalue weighted by Crippen LogP contribution is -2.40. The van der Waals surface area contributed by atoms with Gasteiger partial charge in [-0.1, -0.05) is 0 Å². The predicted octanol–water partition coefficient (Wildman–Crippen LogP) is 0.302. The molecular formula is C7H11NO4. The molecule has 0 bridgehead atoms. The largest absolute Gasteiger partial charge is 0.467 e. The van der Waals surface area contributed by atoms with E-state index in [1.54, 1.807) is 0 Å². The van der Waals surface area contributed by atoms with E-state index >= 15 is 0 Å². The number of hydrogen-bond acceptors (Lipinski definition) is 3. The summed E-state index contributed by atoms with van der Waals surface area (Å²) in [6, 6.07) is -0.590. The summed E-state index contributed by atoms with van der Waals surface area (Å²) in [5.74, 6) is -0.463. The number of hydrogen-bond donors (Lipinski definition) is 1. The van der Waals surface area contributed by atoms with Crippen LogP contribution in [0.4, 0.5) is 4.79 Å². The van der Waals surface area contributed by atoms with Gasteiger partial charge in [-0.05, 0) is 12.8 Å². The van der Waals surface area contributed by atoms with Gasteiger partial charge in [0, 0.05) is 6.54 Å². The molecule has 1 saturated heterocycles. The number of nitrogens with zero attached hydrogens (tertiary/aromatic N) is 1. The maximum Gasteiger partial charge on any atom is 0.408 e. The van der Waals surface area contributed by atoms with Gasteiger partial charge in [0.25, 0.3) is 0 Å². The lowest BCUT2D eigenvalue weighted by atomic mass is 10.2. The zero-order chi connectivity index (χ0) is 9.14. The standard InChI is InChI=1S/C7H11NO4/c1-12-6(9)5-3-2-4-8(5)7(10)11/h5H,2-4H2,1H3,(H,10,11)/t5-/m0/s1. The van der Waals surface area contributed by atoms with E-state index in [0.717, 1.165) is 11.3 Å². The van der Waals surface area contributed by atoms with Crippen molar-refractivity contribution in [3.8, 4) is 0 Å². The van der Waals surface area contributed by atoms with Gasteiger partial charge < -0.3 is 9.84 Å². The van der Waals surface area contributed by atoms with Crippen LogP contribution in [0.5, 0.6) is 0 Å². The third-order valence-electron chi connectivity index (χ3n) is 1.97. The van der Waals surface area contributed by atoms with Crippen LogP contribution in [0, 0.1) is 0 Å². The minimum atomic E-state index is -1.05. The second kappa shape index (κ2) is 3.42. The van der Waals surface area contributed by atoms with Gasteiger partial charge in [0.05, 0.1) is 7.11 Å². The molecule has 0 aromatic heterocycles. The fourth-order valence-corrected chi connectivity index (χ4v) is 1.38. The number of ether oxygens (including phenoxy) is 1. The molecule has 1 amide bonds. The highest BCUT2D eigenvalue weighted by Gasteiger charge is 2.34. The normalized spacial score (nSPS) is 22.4. The summed E-state index contributed by atoms with van der Waals surface area (Å²) in [7, 11) is 1.26. The Morgan fingerprint density at radius 2 is 2.25 bits per heavy atom. The molecule has 0 spiro atoms. The molecule has 1 fully saturated rings. The van der Waals surface area contributed by atoms with E-state index in [-0.39, 0.29) is 0 Å². The zero-order valence-corrected chi connectivity index (χ0v) is 6.82. The van der Waals surface area contributed by atoms with Gasteiger partial charge in [-0.3, -0.25) is 4.90 Å². The quantitative estimate of drug-likeness (QED) is 0.579. The molecule has 0 aliphatic carbocycles. The molecule has 1 aliphatic heterocycles. The van der Waals surface area contributed by atoms with Crippen molar-refractivity contribution < 1.29 is 19.4 Å². The fraction of sp³-hybridized carbons (Fsp3) is 0.714. The SMILES string of the molecule is COC(=O)[C@@H]1CCCN1C(=O)O. The molecule has 12 heavy (non-hydrogen) atoms. The van der Waals surface area contributed by atoms with Crippen molar-refractivity contribution >= 4 is 12.1 Å². The van der Waals surface area contributed by atoms with Gasteiger partial charge in [0.15, 0.2) is 0 Å². The first-order valence-electron chi connectivity index (χ1n) is 3.74. The van der Waals surface area contributed by atoms with E-state index in [4.69, 9.17) is 5.11 Å². The van der Waals surface area contributed by atoms with Gasteiger partial charge >= 0.3 is 12.1 Å². The second-order valence-electron chi connectivity index (χ2n) is 2.66. The first-order valence-corrected chi connectivity index (χ1v) is 3.74. The zero-order valence-electron chi connectivity index (χ0n) is 6.82. The summed E-state index contributed by atoms with van der Waals surface area (Å²) < 4.78 is 4.47. The van der Waals surface area contributed by atoms with Crippen molar-refractivity contribution in [2.24, 2.45) is 0 Å². The molecule has 0 aromatic carbocycles. The first kappa shape index (κ1) is 8.83. The molecule has 1 N–H and O–H groups in total. The maximum atomic E-state index is 11.0. The van der Waals surface area contributed by atoms with Crippen LogP contribution in [-0.4, -0.2) is 41.8 Å². The third kappa shape index (κ3) is 1.49. The molecule has 68 valence electrons. The average molecular weight is 173 g/mol. The molecule has 1 heterocycles. The summed E-state index contributed by atoms with van der Waals surface area (Å²) in [6.45, 7) is 0.426. The van der Waals surface area contributed by atoms with Crippen LogP contribution in [0.3, 0.4) is 0 Å². The molecule has 1 rings (SSSR count). The first-order chi connectivity index (χ1) is 5.66. The van der Waals surface area contributed by atoms with E-state index in [1.807, 2.05) is 0 Å². The molecule has 1 atom stereocenters. The number of likely N-dealkylation sites (tertiary alicyclic amines) is 1. The van der Waals surface area contributed by atoms with Crippen molar-refractivity contribution in [1.29, 1.82) is 0 Å². The summed E-state index contributed by atoms with van der Waals surface area (Å²) in [4.78, 5) is 22.7. The highest BCUT2D eigenvalue weighted by molar-refractivity contribution is 5.81. The van der Waals surface area contributed by atoms with Gasteiger partial charge in [0.2, 0.25) is 0 Å². The Balaban J connectivity index is 2.63. The van der Waals surface area contributed by atoms with Crippen LogP contribution in [0.2, 0.25) is 0 Å². The third-order valence-corrected chi connectivity index (χ3v) is 1.97. The lowest BCUT2D eigenvalue weighted by molar-refractivity contribution is -0.145. The van der Waals surface area contributed by atoms with Gasteiger partial charge in [-0.2, -0.15) is 0 Å². The van der Waals surface area contributed by atoms with E-state index in [0.29, 0.717) is 13.0 Å². The van der Waals surface area contributed by atoms with Crippen molar-refractivity contribution in [3.05, 3.63) is 0 Å². The van der Waals surface area contributed by atoms with E-state index < -0.39 is 18.1 Å². The van der Waals surface area contributed by atoms with Crippen LogP contribution in [0.15, 0.2) is 0 Å². The lowest BCUT2D eigenvalue weighted by Gasteiger charge is -2.18. The molecule has 0 aromatic rings. The Morgan fingerprint density at radius 1 is 1.58 bits per heavy atom. The number of carboxylic acid groups (broad SMARTS) is 1. The molecule has 0 unspecified atom stereocenters. The highest BCUT2D eigenvalue weighted by atomic mass is 16.5. The Labute approximate surface area is 69.9 Å². The van der Waals surface area contributed by atoms with Crippen LogP contribution in [0.1, 0.15) is 12.8 Å². The minimum Gasteiger partial charge on any atom is -0.467 e. The summed E-state index contributed by atoms with van der Waals surface area (Å²) in [5, 5.41) is 8.65. The number of esters is 1. The van der Waals surface area contributed by atoms with Crippen LogP contribution in [-0.2, 0) is 9.53 Å². The highest BCUT2D eigenvalue weighted by Crippen LogP contribution is 2.17. The van der Waals surface area contributed by atoms with Crippen molar-refractivity contribution in [2.45, 2.75) is 18.9 Å². The van der Waals surface area contributed by atoms with Crippen LogP contribution in [0.25, 0.3) is 0 Å².